The SMILES string of the molecule is Cc1ccc(S(=O)(=O)NC(C)C(=O)N(CCN)CCc2ccccc2)cc1. The third kappa shape index (κ3) is 6.16. The summed E-state index contributed by atoms with van der Waals surface area (Å²) in [6, 6.07) is 15.5. The van der Waals surface area contributed by atoms with Crippen LogP contribution in [0.15, 0.2) is 59.5 Å². The topological polar surface area (TPSA) is 92.5 Å². The summed E-state index contributed by atoms with van der Waals surface area (Å²) in [5, 5.41) is 0. The van der Waals surface area contributed by atoms with Crippen LogP contribution < -0.4 is 10.5 Å². The summed E-state index contributed by atoms with van der Waals surface area (Å²) in [5.41, 5.74) is 7.71. The number of carbonyl (C=O) groups is 1. The van der Waals surface area contributed by atoms with Gasteiger partial charge in [-0.05, 0) is 38.0 Å². The molecule has 6 nitrogen and oxygen atoms in total. The number of nitrogens with one attached hydrogen (secondary N) is 1. The maximum atomic E-state index is 12.8. The van der Waals surface area contributed by atoms with Gasteiger partial charge in [0.1, 0.15) is 0 Å². The van der Waals surface area contributed by atoms with E-state index in [0.717, 1.165) is 11.1 Å². The highest BCUT2D eigenvalue weighted by Gasteiger charge is 2.25. The Hall–Kier alpha value is -2.22. The third-order valence-corrected chi connectivity index (χ3v) is 5.81. The van der Waals surface area contributed by atoms with Crippen molar-refractivity contribution in [2.24, 2.45) is 5.73 Å². The first kappa shape index (κ1) is 21.1. The number of nitrogens with two attached hydrogens (primary N) is 1. The van der Waals surface area contributed by atoms with Crippen LogP contribution in [0.1, 0.15) is 18.1 Å². The lowest BCUT2D eigenvalue weighted by molar-refractivity contribution is -0.132. The average Bonchev–Trinajstić information content (AvgIpc) is 2.65. The lowest BCUT2D eigenvalue weighted by atomic mass is 10.1. The molecule has 146 valence electrons. The van der Waals surface area contributed by atoms with Crippen molar-refractivity contribution >= 4 is 15.9 Å². The fourth-order valence-corrected chi connectivity index (χ4v) is 3.94. The molecule has 0 fully saturated rings. The van der Waals surface area contributed by atoms with Gasteiger partial charge in [0, 0.05) is 19.6 Å². The lowest BCUT2D eigenvalue weighted by Gasteiger charge is -2.26. The molecule has 0 bridgehead atoms. The Balaban J connectivity index is 2.04. The van der Waals surface area contributed by atoms with Gasteiger partial charge in [0.05, 0.1) is 10.9 Å². The van der Waals surface area contributed by atoms with Crippen LogP contribution in [0.5, 0.6) is 0 Å². The molecular formula is C20H27N3O3S. The third-order valence-electron chi connectivity index (χ3n) is 4.26. The van der Waals surface area contributed by atoms with E-state index in [1.54, 1.807) is 24.0 Å². The number of amides is 1. The second kappa shape index (κ2) is 9.64. The van der Waals surface area contributed by atoms with Gasteiger partial charge in [-0.3, -0.25) is 4.79 Å². The Morgan fingerprint density at radius 2 is 1.70 bits per heavy atom. The number of carbonyl (C=O) groups excluding carboxylic acids is 1. The van der Waals surface area contributed by atoms with Gasteiger partial charge in [-0.25, -0.2) is 8.42 Å². The van der Waals surface area contributed by atoms with E-state index in [1.807, 2.05) is 37.3 Å². The first-order valence-electron chi connectivity index (χ1n) is 8.95. The number of aryl methyl sites for hydroxylation is 1. The van der Waals surface area contributed by atoms with Crippen LogP contribution in [-0.4, -0.2) is 44.9 Å². The first-order valence-corrected chi connectivity index (χ1v) is 10.4. The van der Waals surface area contributed by atoms with Crippen molar-refractivity contribution in [2.45, 2.75) is 31.2 Å². The van der Waals surface area contributed by atoms with Crippen LogP contribution in [0.2, 0.25) is 0 Å². The minimum atomic E-state index is -3.77. The molecule has 2 aromatic rings. The van der Waals surface area contributed by atoms with Crippen molar-refractivity contribution in [2.75, 3.05) is 19.6 Å². The molecule has 0 spiro atoms. The van der Waals surface area contributed by atoms with E-state index in [0.29, 0.717) is 26.1 Å². The second-order valence-electron chi connectivity index (χ2n) is 6.51. The Morgan fingerprint density at radius 1 is 1.07 bits per heavy atom. The zero-order valence-corrected chi connectivity index (χ0v) is 16.6. The molecule has 3 N–H and O–H groups in total. The van der Waals surface area contributed by atoms with Gasteiger partial charge in [0.2, 0.25) is 15.9 Å². The van der Waals surface area contributed by atoms with E-state index in [4.69, 9.17) is 5.73 Å². The lowest BCUT2D eigenvalue weighted by Crippen LogP contribution is -2.48. The average molecular weight is 390 g/mol. The Labute approximate surface area is 161 Å². The Morgan fingerprint density at radius 3 is 2.30 bits per heavy atom. The summed E-state index contributed by atoms with van der Waals surface area (Å²) in [7, 11) is -3.77. The first-order chi connectivity index (χ1) is 12.8. The minimum absolute atomic E-state index is 0.141. The van der Waals surface area contributed by atoms with E-state index >= 15 is 0 Å². The van der Waals surface area contributed by atoms with E-state index < -0.39 is 16.1 Å². The summed E-state index contributed by atoms with van der Waals surface area (Å²) in [4.78, 5) is 14.5. The molecule has 1 amide bonds. The summed E-state index contributed by atoms with van der Waals surface area (Å²) in [5.74, 6) is -0.285. The standard InChI is InChI=1S/C20H27N3O3S/c1-16-8-10-19(11-9-16)27(25,26)22-17(2)20(24)23(15-13-21)14-12-18-6-4-3-5-7-18/h3-11,17,22H,12-15,21H2,1-2H3. The van der Waals surface area contributed by atoms with E-state index in [2.05, 4.69) is 4.72 Å². The molecule has 0 aliphatic carbocycles. The number of hydrogen-bond acceptors (Lipinski definition) is 4. The Bertz CT molecular complexity index is 837. The van der Waals surface area contributed by atoms with Gasteiger partial charge in [-0.2, -0.15) is 4.72 Å². The number of benzene rings is 2. The van der Waals surface area contributed by atoms with Gasteiger partial charge in [-0.15, -0.1) is 0 Å². The molecule has 0 aliphatic heterocycles. The normalized spacial score (nSPS) is 12.6. The fourth-order valence-electron chi connectivity index (χ4n) is 2.74. The van der Waals surface area contributed by atoms with Crippen molar-refractivity contribution in [1.29, 1.82) is 0 Å². The summed E-state index contributed by atoms with van der Waals surface area (Å²) < 4.78 is 27.5. The van der Waals surface area contributed by atoms with Gasteiger partial charge in [-0.1, -0.05) is 48.0 Å². The van der Waals surface area contributed by atoms with Crippen molar-refractivity contribution in [1.82, 2.24) is 9.62 Å². The maximum absolute atomic E-state index is 12.8. The van der Waals surface area contributed by atoms with Crippen molar-refractivity contribution in [3.8, 4) is 0 Å². The molecule has 1 atom stereocenters. The van der Waals surface area contributed by atoms with Crippen LogP contribution in [0.4, 0.5) is 0 Å². The molecule has 27 heavy (non-hydrogen) atoms. The van der Waals surface area contributed by atoms with Crippen LogP contribution in [0, 0.1) is 6.92 Å². The van der Waals surface area contributed by atoms with Crippen LogP contribution in [-0.2, 0) is 21.2 Å². The van der Waals surface area contributed by atoms with Crippen molar-refractivity contribution in [3.63, 3.8) is 0 Å². The van der Waals surface area contributed by atoms with Crippen molar-refractivity contribution < 1.29 is 13.2 Å². The predicted molar refractivity (Wildman–Crippen MR) is 107 cm³/mol. The number of nitrogens with zero attached hydrogens (tertiary/aromatic N) is 1. The highest BCUT2D eigenvalue weighted by molar-refractivity contribution is 7.89. The van der Waals surface area contributed by atoms with Crippen LogP contribution >= 0.6 is 0 Å². The van der Waals surface area contributed by atoms with Gasteiger partial charge in [0.25, 0.3) is 0 Å². The van der Waals surface area contributed by atoms with Gasteiger partial charge < -0.3 is 10.6 Å². The van der Waals surface area contributed by atoms with Crippen LogP contribution in [0.25, 0.3) is 0 Å². The number of sulfonamides is 1. The fraction of sp³-hybridized carbons (Fsp3) is 0.350. The minimum Gasteiger partial charge on any atom is -0.340 e. The second-order valence-corrected chi connectivity index (χ2v) is 8.22. The molecule has 2 rings (SSSR count). The smallest absolute Gasteiger partial charge is 0.241 e. The summed E-state index contributed by atoms with van der Waals surface area (Å²) >= 11 is 0. The largest absolute Gasteiger partial charge is 0.340 e. The van der Waals surface area contributed by atoms with Gasteiger partial charge in [0.15, 0.2) is 0 Å². The molecule has 0 aliphatic rings. The van der Waals surface area contributed by atoms with E-state index in [1.165, 1.54) is 12.1 Å². The molecule has 0 aromatic heterocycles. The zero-order valence-electron chi connectivity index (χ0n) is 15.8. The highest BCUT2D eigenvalue weighted by Crippen LogP contribution is 2.11. The van der Waals surface area contributed by atoms with Crippen LogP contribution in [0.3, 0.4) is 0 Å². The van der Waals surface area contributed by atoms with E-state index in [-0.39, 0.29) is 10.8 Å². The summed E-state index contributed by atoms with van der Waals surface area (Å²) in [6.45, 7) is 4.62. The van der Waals surface area contributed by atoms with Crippen molar-refractivity contribution in [3.05, 3.63) is 65.7 Å². The molecular weight excluding hydrogens is 362 g/mol. The predicted octanol–water partition coefficient (Wildman–Crippen LogP) is 1.69. The molecule has 0 saturated heterocycles. The summed E-state index contributed by atoms with van der Waals surface area (Å²) in [6.07, 6.45) is 0.685. The molecule has 1 unspecified atom stereocenters. The van der Waals surface area contributed by atoms with E-state index in [9.17, 15) is 13.2 Å². The zero-order chi connectivity index (χ0) is 19.9. The van der Waals surface area contributed by atoms with Gasteiger partial charge >= 0.3 is 0 Å². The highest BCUT2D eigenvalue weighted by atomic mass is 32.2. The molecule has 0 heterocycles. The maximum Gasteiger partial charge on any atom is 0.241 e. The molecule has 0 radical (unpaired) electrons. The molecule has 2 aromatic carbocycles. The quantitative estimate of drug-likeness (QED) is 0.683. The molecule has 0 saturated carbocycles. The number of hydrogen-bond donors (Lipinski definition) is 2. The monoisotopic (exact) mass is 389 g/mol. The molecule has 7 heteroatoms. The number of rotatable bonds is 9. The Kier molecular flexibility index (Phi) is 7.53.